The molecule has 2 aromatic carbocycles. The van der Waals surface area contributed by atoms with Crippen molar-refractivity contribution in [3.63, 3.8) is 0 Å². The SMILES string of the molecule is CC(Nc1ccc(Cl)cc1Cl)c1ccc(Br)cc1. The van der Waals surface area contributed by atoms with Gasteiger partial charge in [0, 0.05) is 15.5 Å². The van der Waals surface area contributed by atoms with E-state index in [0.29, 0.717) is 10.0 Å². The third kappa shape index (κ3) is 3.41. The maximum absolute atomic E-state index is 6.13. The van der Waals surface area contributed by atoms with E-state index < -0.39 is 0 Å². The Labute approximate surface area is 125 Å². The highest BCUT2D eigenvalue weighted by Crippen LogP contribution is 2.29. The Morgan fingerprint density at radius 1 is 1.06 bits per heavy atom. The smallest absolute Gasteiger partial charge is 0.0652 e. The van der Waals surface area contributed by atoms with E-state index in [4.69, 9.17) is 23.2 Å². The first-order chi connectivity index (χ1) is 8.56. The Bertz CT molecular complexity index is 540. The maximum Gasteiger partial charge on any atom is 0.0652 e. The topological polar surface area (TPSA) is 12.0 Å². The number of anilines is 1. The van der Waals surface area contributed by atoms with Gasteiger partial charge in [0.2, 0.25) is 0 Å². The van der Waals surface area contributed by atoms with E-state index in [0.717, 1.165) is 10.2 Å². The van der Waals surface area contributed by atoms with E-state index in [9.17, 15) is 0 Å². The third-order valence-electron chi connectivity index (χ3n) is 2.67. The van der Waals surface area contributed by atoms with Gasteiger partial charge in [0.15, 0.2) is 0 Å². The average Bonchev–Trinajstić information content (AvgIpc) is 2.33. The molecule has 0 aromatic heterocycles. The minimum Gasteiger partial charge on any atom is -0.377 e. The van der Waals surface area contributed by atoms with Gasteiger partial charge >= 0.3 is 0 Å². The molecule has 2 rings (SSSR count). The molecule has 1 nitrogen and oxygen atoms in total. The summed E-state index contributed by atoms with van der Waals surface area (Å²) in [6.45, 7) is 2.09. The summed E-state index contributed by atoms with van der Waals surface area (Å²) in [7, 11) is 0. The lowest BCUT2D eigenvalue weighted by Crippen LogP contribution is -2.06. The third-order valence-corrected chi connectivity index (χ3v) is 3.75. The van der Waals surface area contributed by atoms with Crippen molar-refractivity contribution in [3.8, 4) is 0 Å². The minimum absolute atomic E-state index is 0.178. The van der Waals surface area contributed by atoms with Crippen molar-refractivity contribution in [1.82, 2.24) is 0 Å². The zero-order chi connectivity index (χ0) is 13.1. The van der Waals surface area contributed by atoms with Crippen LogP contribution in [0.15, 0.2) is 46.9 Å². The summed E-state index contributed by atoms with van der Waals surface area (Å²) in [6, 6.07) is 13.8. The van der Waals surface area contributed by atoms with E-state index in [1.807, 2.05) is 24.3 Å². The van der Waals surface area contributed by atoms with Gasteiger partial charge in [-0.05, 0) is 42.8 Å². The molecule has 2 aromatic rings. The van der Waals surface area contributed by atoms with Gasteiger partial charge in [-0.1, -0.05) is 51.3 Å². The van der Waals surface area contributed by atoms with E-state index in [1.165, 1.54) is 5.56 Å². The number of rotatable bonds is 3. The zero-order valence-electron chi connectivity index (χ0n) is 9.75. The van der Waals surface area contributed by atoms with Crippen LogP contribution in [0, 0.1) is 0 Å². The molecule has 18 heavy (non-hydrogen) atoms. The molecule has 0 saturated carbocycles. The van der Waals surface area contributed by atoms with Crippen molar-refractivity contribution in [2.24, 2.45) is 0 Å². The monoisotopic (exact) mass is 343 g/mol. The molecule has 0 aliphatic rings. The van der Waals surface area contributed by atoms with Crippen molar-refractivity contribution >= 4 is 44.8 Å². The molecule has 0 amide bonds. The van der Waals surface area contributed by atoms with Crippen molar-refractivity contribution in [2.45, 2.75) is 13.0 Å². The fourth-order valence-electron chi connectivity index (χ4n) is 1.67. The summed E-state index contributed by atoms with van der Waals surface area (Å²) in [5.41, 5.74) is 2.08. The van der Waals surface area contributed by atoms with Gasteiger partial charge in [0.05, 0.1) is 10.7 Å². The van der Waals surface area contributed by atoms with Crippen LogP contribution in [0.2, 0.25) is 10.0 Å². The predicted octanol–water partition coefficient (Wildman–Crippen LogP) is 5.93. The molecule has 0 bridgehead atoms. The minimum atomic E-state index is 0.178. The quantitative estimate of drug-likeness (QED) is 0.727. The highest BCUT2D eigenvalue weighted by Gasteiger charge is 2.07. The second-order valence-corrected chi connectivity index (χ2v) is 5.80. The molecule has 0 heterocycles. The van der Waals surface area contributed by atoms with Gasteiger partial charge < -0.3 is 5.32 Å². The normalized spacial score (nSPS) is 12.2. The van der Waals surface area contributed by atoms with Crippen LogP contribution in [0.4, 0.5) is 5.69 Å². The number of hydrogen-bond donors (Lipinski definition) is 1. The second kappa shape index (κ2) is 5.96. The van der Waals surface area contributed by atoms with Crippen LogP contribution < -0.4 is 5.32 Å². The van der Waals surface area contributed by atoms with Gasteiger partial charge in [0.25, 0.3) is 0 Å². The van der Waals surface area contributed by atoms with Crippen LogP contribution in [-0.2, 0) is 0 Å². The van der Waals surface area contributed by atoms with E-state index in [-0.39, 0.29) is 6.04 Å². The molecule has 0 saturated heterocycles. The second-order valence-electron chi connectivity index (χ2n) is 4.04. The van der Waals surface area contributed by atoms with Crippen LogP contribution in [0.3, 0.4) is 0 Å². The molecular weight excluding hydrogens is 333 g/mol. The number of nitrogens with one attached hydrogen (secondary N) is 1. The first kappa shape index (κ1) is 13.7. The van der Waals surface area contributed by atoms with Gasteiger partial charge in [-0.2, -0.15) is 0 Å². The fourth-order valence-corrected chi connectivity index (χ4v) is 2.40. The summed E-state index contributed by atoms with van der Waals surface area (Å²) in [5.74, 6) is 0. The lowest BCUT2D eigenvalue weighted by molar-refractivity contribution is 0.884. The van der Waals surface area contributed by atoms with Crippen LogP contribution in [0.5, 0.6) is 0 Å². The predicted molar refractivity (Wildman–Crippen MR) is 82.6 cm³/mol. The van der Waals surface area contributed by atoms with E-state index >= 15 is 0 Å². The van der Waals surface area contributed by atoms with Gasteiger partial charge in [0.1, 0.15) is 0 Å². The number of benzene rings is 2. The van der Waals surface area contributed by atoms with Crippen molar-refractivity contribution in [2.75, 3.05) is 5.32 Å². The van der Waals surface area contributed by atoms with Gasteiger partial charge in [-0.15, -0.1) is 0 Å². The Hall–Kier alpha value is -0.700. The first-order valence-corrected chi connectivity index (χ1v) is 7.08. The maximum atomic E-state index is 6.13. The lowest BCUT2D eigenvalue weighted by atomic mass is 10.1. The number of hydrogen-bond acceptors (Lipinski definition) is 1. The highest BCUT2D eigenvalue weighted by atomic mass is 79.9. The molecule has 0 radical (unpaired) electrons. The van der Waals surface area contributed by atoms with Gasteiger partial charge in [-0.3, -0.25) is 0 Å². The Morgan fingerprint density at radius 3 is 2.33 bits per heavy atom. The summed E-state index contributed by atoms with van der Waals surface area (Å²) in [5, 5.41) is 4.64. The largest absolute Gasteiger partial charge is 0.377 e. The summed E-state index contributed by atoms with van der Waals surface area (Å²) in [4.78, 5) is 0. The van der Waals surface area contributed by atoms with Crippen LogP contribution in [0.25, 0.3) is 0 Å². The number of halogens is 3. The molecule has 94 valence electrons. The Morgan fingerprint density at radius 2 is 1.72 bits per heavy atom. The molecule has 1 unspecified atom stereocenters. The molecular formula is C14H12BrCl2N. The standard InChI is InChI=1S/C14H12BrCl2N/c1-9(10-2-4-11(15)5-3-10)18-14-7-6-12(16)8-13(14)17/h2-9,18H,1H3. The van der Waals surface area contributed by atoms with Crippen LogP contribution >= 0.6 is 39.1 Å². The van der Waals surface area contributed by atoms with E-state index in [2.05, 4.69) is 40.3 Å². The van der Waals surface area contributed by atoms with Gasteiger partial charge in [-0.25, -0.2) is 0 Å². The molecule has 0 spiro atoms. The average molecular weight is 345 g/mol. The lowest BCUT2D eigenvalue weighted by Gasteiger charge is -2.17. The first-order valence-electron chi connectivity index (χ1n) is 5.53. The molecule has 1 N–H and O–H groups in total. The summed E-state index contributed by atoms with van der Waals surface area (Å²) in [6.07, 6.45) is 0. The van der Waals surface area contributed by atoms with Crippen molar-refractivity contribution in [1.29, 1.82) is 0 Å². The summed E-state index contributed by atoms with van der Waals surface area (Å²) >= 11 is 15.4. The Balaban J connectivity index is 2.15. The molecule has 1 atom stereocenters. The summed E-state index contributed by atoms with van der Waals surface area (Å²) < 4.78 is 1.07. The van der Waals surface area contributed by atoms with E-state index in [1.54, 1.807) is 6.07 Å². The molecule has 4 heteroatoms. The fraction of sp³-hybridized carbons (Fsp3) is 0.143. The van der Waals surface area contributed by atoms with Crippen LogP contribution in [0.1, 0.15) is 18.5 Å². The zero-order valence-corrected chi connectivity index (χ0v) is 12.9. The molecule has 0 aliphatic carbocycles. The van der Waals surface area contributed by atoms with Crippen molar-refractivity contribution < 1.29 is 0 Å². The highest BCUT2D eigenvalue weighted by molar-refractivity contribution is 9.10. The molecule has 0 fully saturated rings. The molecule has 0 aliphatic heterocycles. The Kier molecular flexibility index (Phi) is 4.55. The van der Waals surface area contributed by atoms with Crippen LogP contribution in [-0.4, -0.2) is 0 Å². The van der Waals surface area contributed by atoms with Crippen molar-refractivity contribution in [3.05, 3.63) is 62.5 Å².